The average molecular weight is 319 g/mol. The number of rotatable bonds is 5. The lowest BCUT2D eigenvalue weighted by molar-refractivity contribution is 0.129. The smallest absolute Gasteiger partial charge is 0.143 e. The molecule has 0 aromatic heterocycles. The van der Waals surface area contributed by atoms with Gasteiger partial charge >= 0.3 is 0 Å². The van der Waals surface area contributed by atoms with Crippen molar-refractivity contribution in [3.8, 4) is 0 Å². The van der Waals surface area contributed by atoms with E-state index in [4.69, 9.17) is 10.6 Å². The first-order valence-corrected chi connectivity index (χ1v) is 6.76. The maximum absolute atomic E-state index is 5.82. The Balaban J connectivity index is 1.85. The van der Waals surface area contributed by atoms with Crippen molar-refractivity contribution in [2.24, 2.45) is 10.9 Å². The van der Waals surface area contributed by atoms with Gasteiger partial charge in [0.25, 0.3) is 0 Å². The van der Waals surface area contributed by atoms with Crippen molar-refractivity contribution in [2.75, 3.05) is 0 Å². The van der Waals surface area contributed by atoms with Crippen LogP contribution in [0.25, 0.3) is 0 Å². The van der Waals surface area contributed by atoms with E-state index in [1.54, 1.807) is 0 Å². The normalized spacial score (nSPS) is 11.3. The van der Waals surface area contributed by atoms with E-state index < -0.39 is 0 Å². The van der Waals surface area contributed by atoms with Crippen molar-refractivity contribution in [3.63, 3.8) is 0 Å². The SMILES string of the molecule is NC(Cc1ccccc1)=NOCc1cccc(Br)c1. The Morgan fingerprint density at radius 1 is 1.05 bits per heavy atom. The Morgan fingerprint density at radius 3 is 2.53 bits per heavy atom. The zero-order chi connectivity index (χ0) is 13.5. The van der Waals surface area contributed by atoms with E-state index >= 15 is 0 Å². The Kier molecular flexibility index (Phi) is 4.98. The lowest BCUT2D eigenvalue weighted by Gasteiger charge is -2.03. The molecular formula is C15H15BrN2O. The van der Waals surface area contributed by atoms with Crippen LogP contribution < -0.4 is 5.73 Å². The third kappa shape index (κ3) is 4.75. The summed E-state index contributed by atoms with van der Waals surface area (Å²) in [6.45, 7) is 0.412. The first-order valence-electron chi connectivity index (χ1n) is 5.97. The van der Waals surface area contributed by atoms with Crippen LogP contribution in [0.2, 0.25) is 0 Å². The molecule has 0 atom stereocenters. The Labute approximate surface area is 121 Å². The molecule has 0 unspecified atom stereocenters. The minimum atomic E-state index is 0.412. The molecule has 19 heavy (non-hydrogen) atoms. The molecule has 3 nitrogen and oxygen atoms in total. The molecule has 2 rings (SSSR count). The Morgan fingerprint density at radius 2 is 1.79 bits per heavy atom. The quantitative estimate of drug-likeness (QED) is 0.521. The van der Waals surface area contributed by atoms with Crippen LogP contribution in [0.1, 0.15) is 11.1 Å². The van der Waals surface area contributed by atoms with E-state index in [1.165, 1.54) is 0 Å². The van der Waals surface area contributed by atoms with Crippen LogP contribution in [0.5, 0.6) is 0 Å². The van der Waals surface area contributed by atoms with Crippen molar-refractivity contribution >= 4 is 21.8 Å². The summed E-state index contributed by atoms with van der Waals surface area (Å²) in [5, 5.41) is 3.92. The van der Waals surface area contributed by atoms with Crippen LogP contribution in [0.15, 0.2) is 64.2 Å². The summed E-state index contributed by atoms with van der Waals surface area (Å²) >= 11 is 3.41. The Bertz CT molecular complexity index is 555. The lowest BCUT2D eigenvalue weighted by atomic mass is 10.1. The van der Waals surface area contributed by atoms with Crippen molar-refractivity contribution in [3.05, 3.63) is 70.2 Å². The second kappa shape index (κ2) is 6.95. The summed E-state index contributed by atoms with van der Waals surface area (Å²) in [7, 11) is 0. The number of amidine groups is 1. The minimum absolute atomic E-state index is 0.412. The molecule has 0 fully saturated rings. The standard InChI is InChI=1S/C15H15BrN2O/c16-14-8-4-7-13(9-14)11-19-18-15(17)10-12-5-2-1-3-6-12/h1-9H,10-11H2,(H2,17,18). The van der Waals surface area contributed by atoms with E-state index in [9.17, 15) is 0 Å². The summed E-state index contributed by atoms with van der Waals surface area (Å²) < 4.78 is 1.02. The molecular weight excluding hydrogens is 304 g/mol. The zero-order valence-electron chi connectivity index (χ0n) is 10.4. The summed E-state index contributed by atoms with van der Waals surface area (Å²) in [4.78, 5) is 5.25. The fourth-order valence-corrected chi connectivity index (χ4v) is 2.10. The lowest BCUT2D eigenvalue weighted by Crippen LogP contribution is -2.15. The van der Waals surface area contributed by atoms with Gasteiger partial charge in [-0.15, -0.1) is 0 Å². The maximum Gasteiger partial charge on any atom is 0.143 e. The van der Waals surface area contributed by atoms with Gasteiger partial charge in [-0.05, 0) is 23.3 Å². The van der Waals surface area contributed by atoms with Gasteiger partial charge in [0, 0.05) is 10.9 Å². The summed E-state index contributed by atoms with van der Waals surface area (Å²) in [6.07, 6.45) is 0.597. The zero-order valence-corrected chi connectivity index (χ0v) is 12.0. The summed E-state index contributed by atoms with van der Waals surface area (Å²) in [5.74, 6) is 0.473. The monoisotopic (exact) mass is 318 g/mol. The molecule has 0 amide bonds. The van der Waals surface area contributed by atoms with Crippen LogP contribution in [0.4, 0.5) is 0 Å². The van der Waals surface area contributed by atoms with Crippen LogP contribution in [0.3, 0.4) is 0 Å². The van der Waals surface area contributed by atoms with E-state index in [-0.39, 0.29) is 0 Å². The van der Waals surface area contributed by atoms with Crippen molar-refractivity contribution in [1.29, 1.82) is 0 Å². The van der Waals surface area contributed by atoms with Gasteiger partial charge in [-0.25, -0.2) is 0 Å². The number of nitrogens with two attached hydrogens (primary N) is 1. The number of hydrogen-bond acceptors (Lipinski definition) is 2. The van der Waals surface area contributed by atoms with Crippen LogP contribution in [0, 0.1) is 0 Å². The highest BCUT2D eigenvalue weighted by Gasteiger charge is 1.98. The van der Waals surface area contributed by atoms with Gasteiger partial charge in [0.2, 0.25) is 0 Å². The second-order valence-electron chi connectivity index (χ2n) is 4.15. The van der Waals surface area contributed by atoms with Crippen LogP contribution in [-0.2, 0) is 17.9 Å². The molecule has 4 heteroatoms. The number of benzene rings is 2. The predicted octanol–water partition coefficient (Wildman–Crippen LogP) is 3.48. The number of oxime groups is 1. The number of hydrogen-bond donors (Lipinski definition) is 1. The first-order chi connectivity index (χ1) is 9.24. The molecule has 0 bridgehead atoms. The fraction of sp³-hybridized carbons (Fsp3) is 0.133. The van der Waals surface area contributed by atoms with Gasteiger partial charge in [0.1, 0.15) is 12.4 Å². The largest absolute Gasteiger partial charge is 0.390 e. The predicted molar refractivity (Wildman–Crippen MR) is 80.7 cm³/mol. The average Bonchev–Trinajstić information content (AvgIpc) is 2.40. The molecule has 0 heterocycles. The molecule has 0 saturated heterocycles. The van der Waals surface area contributed by atoms with Crippen LogP contribution >= 0.6 is 15.9 Å². The fourth-order valence-electron chi connectivity index (χ4n) is 1.65. The molecule has 0 aliphatic carbocycles. The highest BCUT2D eigenvalue weighted by Crippen LogP contribution is 2.12. The first kappa shape index (κ1) is 13.6. The molecule has 0 radical (unpaired) electrons. The molecule has 2 aromatic rings. The molecule has 0 aliphatic rings. The van der Waals surface area contributed by atoms with Crippen LogP contribution in [-0.4, -0.2) is 5.84 Å². The molecule has 0 aliphatic heterocycles. The van der Waals surface area contributed by atoms with E-state index in [0.717, 1.165) is 15.6 Å². The van der Waals surface area contributed by atoms with Crippen molar-refractivity contribution < 1.29 is 4.84 Å². The summed E-state index contributed by atoms with van der Waals surface area (Å²) in [5.41, 5.74) is 7.98. The number of halogens is 1. The van der Waals surface area contributed by atoms with Gasteiger partial charge in [0.15, 0.2) is 0 Å². The van der Waals surface area contributed by atoms with E-state index in [1.807, 2.05) is 54.6 Å². The van der Waals surface area contributed by atoms with Gasteiger partial charge in [-0.2, -0.15) is 0 Å². The highest BCUT2D eigenvalue weighted by atomic mass is 79.9. The number of nitrogens with zero attached hydrogens (tertiary/aromatic N) is 1. The van der Waals surface area contributed by atoms with Crippen molar-refractivity contribution in [1.82, 2.24) is 0 Å². The third-order valence-corrected chi connectivity index (χ3v) is 3.02. The van der Waals surface area contributed by atoms with Crippen molar-refractivity contribution in [2.45, 2.75) is 13.0 Å². The molecule has 0 spiro atoms. The minimum Gasteiger partial charge on any atom is -0.390 e. The van der Waals surface area contributed by atoms with E-state index in [2.05, 4.69) is 21.1 Å². The maximum atomic E-state index is 5.82. The highest BCUT2D eigenvalue weighted by molar-refractivity contribution is 9.10. The summed E-state index contributed by atoms with van der Waals surface area (Å²) in [6, 6.07) is 17.8. The van der Waals surface area contributed by atoms with E-state index in [0.29, 0.717) is 18.9 Å². The van der Waals surface area contributed by atoms with Gasteiger partial charge in [-0.3, -0.25) is 0 Å². The van der Waals surface area contributed by atoms with Gasteiger partial charge in [-0.1, -0.05) is 63.6 Å². The van der Waals surface area contributed by atoms with Gasteiger partial charge < -0.3 is 10.6 Å². The molecule has 0 saturated carbocycles. The molecule has 2 N–H and O–H groups in total. The van der Waals surface area contributed by atoms with Gasteiger partial charge in [0.05, 0.1) is 0 Å². The molecule has 2 aromatic carbocycles. The molecule has 98 valence electrons. The third-order valence-electron chi connectivity index (χ3n) is 2.53. The second-order valence-corrected chi connectivity index (χ2v) is 5.06. The topological polar surface area (TPSA) is 47.6 Å². The Hall–Kier alpha value is -1.81.